The number of aliphatic hydroxyl groups excluding tert-OH is 1. The van der Waals surface area contributed by atoms with Crippen LogP contribution in [-0.2, 0) is 6.61 Å². The predicted molar refractivity (Wildman–Crippen MR) is 75.6 cm³/mol. The van der Waals surface area contributed by atoms with Crippen molar-refractivity contribution >= 4 is 39.3 Å². The summed E-state index contributed by atoms with van der Waals surface area (Å²) in [5.74, 6) is 0. The Bertz CT molecular complexity index is 531. The highest BCUT2D eigenvalue weighted by Gasteiger charge is 2.09. The molecule has 0 fully saturated rings. The van der Waals surface area contributed by atoms with Gasteiger partial charge in [0, 0.05) is 14.3 Å². The monoisotopic (exact) mass is 328 g/mol. The van der Waals surface area contributed by atoms with Crippen LogP contribution >= 0.6 is 39.3 Å². The quantitative estimate of drug-likeness (QED) is 0.877. The molecule has 0 bridgehead atoms. The Kier molecular flexibility index (Phi) is 4.51. The number of benzene rings is 2. The molecule has 0 heterocycles. The molecular formula is C13H10BrClOS. The molecule has 0 saturated carbocycles. The lowest BCUT2D eigenvalue weighted by Crippen LogP contribution is -1.88. The minimum Gasteiger partial charge on any atom is -0.392 e. The first-order chi connectivity index (χ1) is 8.22. The third-order valence-electron chi connectivity index (χ3n) is 2.27. The van der Waals surface area contributed by atoms with E-state index in [1.807, 2.05) is 42.5 Å². The van der Waals surface area contributed by atoms with Crippen LogP contribution in [0.4, 0.5) is 0 Å². The van der Waals surface area contributed by atoms with Gasteiger partial charge in [0.05, 0.1) is 11.6 Å². The van der Waals surface area contributed by atoms with E-state index in [4.69, 9.17) is 11.6 Å². The third kappa shape index (κ3) is 3.05. The van der Waals surface area contributed by atoms with Gasteiger partial charge in [0.25, 0.3) is 0 Å². The van der Waals surface area contributed by atoms with Crippen molar-refractivity contribution in [3.8, 4) is 0 Å². The average molecular weight is 330 g/mol. The second kappa shape index (κ2) is 5.91. The molecule has 0 amide bonds. The minimum absolute atomic E-state index is 0.00660. The second-order valence-electron chi connectivity index (χ2n) is 3.42. The summed E-state index contributed by atoms with van der Waals surface area (Å²) in [6.45, 7) is -0.00660. The largest absolute Gasteiger partial charge is 0.392 e. The Labute approximate surface area is 118 Å². The topological polar surface area (TPSA) is 20.2 Å². The summed E-state index contributed by atoms with van der Waals surface area (Å²) in [5, 5.41) is 9.97. The van der Waals surface area contributed by atoms with Gasteiger partial charge < -0.3 is 5.11 Å². The van der Waals surface area contributed by atoms with Gasteiger partial charge in [-0.05, 0) is 39.7 Å². The molecular weight excluding hydrogens is 320 g/mol. The number of hydrogen-bond acceptors (Lipinski definition) is 2. The highest BCUT2D eigenvalue weighted by molar-refractivity contribution is 9.10. The normalized spacial score (nSPS) is 10.5. The summed E-state index contributed by atoms with van der Waals surface area (Å²) >= 11 is 11.2. The molecule has 0 aromatic heterocycles. The molecule has 0 aliphatic carbocycles. The van der Waals surface area contributed by atoms with Crippen LogP contribution in [0.2, 0.25) is 5.02 Å². The van der Waals surface area contributed by atoms with Gasteiger partial charge in [0.15, 0.2) is 0 Å². The summed E-state index contributed by atoms with van der Waals surface area (Å²) in [4.78, 5) is 1.99. The standard InChI is InChI=1S/C13H10BrClOS/c14-10-5-1-2-7-12(10)17-13-9(8-16)4-3-6-11(13)15/h1-7,16H,8H2. The Morgan fingerprint density at radius 3 is 2.59 bits per heavy atom. The van der Waals surface area contributed by atoms with Crippen molar-refractivity contribution < 1.29 is 5.11 Å². The lowest BCUT2D eigenvalue weighted by atomic mass is 10.2. The van der Waals surface area contributed by atoms with Crippen LogP contribution in [0.1, 0.15) is 5.56 Å². The first-order valence-electron chi connectivity index (χ1n) is 5.03. The lowest BCUT2D eigenvalue weighted by molar-refractivity contribution is 0.279. The van der Waals surface area contributed by atoms with E-state index in [-0.39, 0.29) is 6.61 Å². The second-order valence-corrected chi connectivity index (χ2v) is 5.73. The van der Waals surface area contributed by atoms with Crippen molar-refractivity contribution in [3.05, 3.63) is 57.5 Å². The maximum absolute atomic E-state index is 9.31. The van der Waals surface area contributed by atoms with E-state index in [0.717, 1.165) is 19.8 Å². The van der Waals surface area contributed by atoms with Gasteiger partial charge in [-0.15, -0.1) is 0 Å². The fraction of sp³-hybridized carbons (Fsp3) is 0.0769. The van der Waals surface area contributed by atoms with Gasteiger partial charge in [0.1, 0.15) is 0 Å². The van der Waals surface area contributed by atoms with Crippen molar-refractivity contribution in [1.82, 2.24) is 0 Å². The number of rotatable bonds is 3. The number of halogens is 2. The molecule has 2 aromatic carbocycles. The smallest absolute Gasteiger partial charge is 0.0693 e. The fourth-order valence-corrected chi connectivity index (χ4v) is 3.23. The Balaban J connectivity index is 2.39. The van der Waals surface area contributed by atoms with E-state index in [0.29, 0.717) is 5.02 Å². The van der Waals surface area contributed by atoms with Gasteiger partial charge in [-0.25, -0.2) is 0 Å². The molecule has 4 heteroatoms. The highest BCUT2D eigenvalue weighted by atomic mass is 79.9. The van der Waals surface area contributed by atoms with Crippen LogP contribution in [0, 0.1) is 0 Å². The zero-order valence-corrected chi connectivity index (χ0v) is 12.0. The van der Waals surface area contributed by atoms with E-state index in [1.165, 1.54) is 0 Å². The molecule has 0 aliphatic heterocycles. The third-order valence-corrected chi connectivity index (χ3v) is 4.91. The molecule has 17 heavy (non-hydrogen) atoms. The van der Waals surface area contributed by atoms with Crippen molar-refractivity contribution in [2.24, 2.45) is 0 Å². The molecule has 0 radical (unpaired) electrons. The minimum atomic E-state index is -0.00660. The summed E-state index contributed by atoms with van der Waals surface area (Å²) in [6.07, 6.45) is 0. The van der Waals surface area contributed by atoms with Crippen LogP contribution in [0.15, 0.2) is 56.7 Å². The summed E-state index contributed by atoms with van der Waals surface area (Å²) in [7, 11) is 0. The zero-order valence-electron chi connectivity index (χ0n) is 8.86. The van der Waals surface area contributed by atoms with E-state index in [1.54, 1.807) is 11.8 Å². The molecule has 0 unspecified atom stereocenters. The van der Waals surface area contributed by atoms with Gasteiger partial charge >= 0.3 is 0 Å². The summed E-state index contributed by atoms with van der Waals surface area (Å²) < 4.78 is 1.02. The Morgan fingerprint density at radius 2 is 1.88 bits per heavy atom. The predicted octanol–water partition coefficient (Wildman–Crippen LogP) is 4.75. The molecule has 1 nitrogen and oxygen atoms in total. The van der Waals surface area contributed by atoms with E-state index in [9.17, 15) is 5.11 Å². The molecule has 0 saturated heterocycles. The van der Waals surface area contributed by atoms with Crippen LogP contribution in [-0.4, -0.2) is 5.11 Å². The van der Waals surface area contributed by atoms with Gasteiger partial charge in [-0.3, -0.25) is 0 Å². The van der Waals surface area contributed by atoms with Crippen molar-refractivity contribution in [2.45, 2.75) is 16.4 Å². The molecule has 1 N–H and O–H groups in total. The molecule has 2 rings (SSSR count). The lowest BCUT2D eigenvalue weighted by Gasteiger charge is -2.10. The molecule has 0 aliphatic rings. The van der Waals surface area contributed by atoms with Gasteiger partial charge in [-0.1, -0.05) is 47.6 Å². The highest BCUT2D eigenvalue weighted by Crippen LogP contribution is 2.39. The van der Waals surface area contributed by atoms with Crippen LogP contribution in [0.3, 0.4) is 0 Å². The zero-order chi connectivity index (χ0) is 12.3. The summed E-state index contributed by atoms with van der Waals surface area (Å²) in [5.41, 5.74) is 0.846. The first kappa shape index (κ1) is 13.0. The fourth-order valence-electron chi connectivity index (χ4n) is 1.43. The van der Waals surface area contributed by atoms with Crippen molar-refractivity contribution in [1.29, 1.82) is 0 Å². The van der Waals surface area contributed by atoms with Crippen LogP contribution in [0.25, 0.3) is 0 Å². The van der Waals surface area contributed by atoms with E-state index in [2.05, 4.69) is 15.9 Å². The Hall–Kier alpha value is -0.480. The first-order valence-corrected chi connectivity index (χ1v) is 7.01. The molecule has 2 aromatic rings. The van der Waals surface area contributed by atoms with Crippen LogP contribution < -0.4 is 0 Å². The average Bonchev–Trinajstić information content (AvgIpc) is 2.34. The van der Waals surface area contributed by atoms with Crippen molar-refractivity contribution in [2.75, 3.05) is 0 Å². The molecule has 0 atom stereocenters. The maximum atomic E-state index is 9.31. The van der Waals surface area contributed by atoms with E-state index < -0.39 is 0 Å². The Morgan fingerprint density at radius 1 is 1.12 bits per heavy atom. The van der Waals surface area contributed by atoms with Crippen molar-refractivity contribution in [3.63, 3.8) is 0 Å². The molecule has 88 valence electrons. The molecule has 0 spiro atoms. The number of aliphatic hydroxyl groups is 1. The maximum Gasteiger partial charge on any atom is 0.0693 e. The summed E-state index contributed by atoms with van der Waals surface area (Å²) in [6, 6.07) is 13.5. The van der Waals surface area contributed by atoms with E-state index >= 15 is 0 Å². The van der Waals surface area contributed by atoms with Crippen LogP contribution in [0.5, 0.6) is 0 Å². The van der Waals surface area contributed by atoms with Gasteiger partial charge in [-0.2, -0.15) is 0 Å². The van der Waals surface area contributed by atoms with Gasteiger partial charge in [0.2, 0.25) is 0 Å². The SMILES string of the molecule is OCc1cccc(Cl)c1Sc1ccccc1Br. The number of hydrogen-bond donors (Lipinski definition) is 1.